The minimum atomic E-state index is -2.54. The van der Waals surface area contributed by atoms with Gasteiger partial charge in [0.05, 0.1) is 59.5 Å². The molecule has 9 aliphatic heterocycles. The molecular weight excluding hydrogens is 1460 g/mol. The Morgan fingerprint density at radius 2 is 0.519 bits per heavy atom. The molecule has 48 heteroatoms. The fourth-order valence-electron chi connectivity index (χ4n) is 13.5. The smallest absolute Gasteiger partial charge is 0.217 e. The molecule has 9 rings (SSSR count). The molecule has 0 aromatic heterocycles. The van der Waals surface area contributed by atoms with Crippen LogP contribution in [-0.4, -0.2) is 485 Å². The summed E-state index contributed by atoms with van der Waals surface area (Å²) in [5.74, 6) is -1.72. The number of aliphatic hydroxyl groups excluding tert-OH is 27. The van der Waals surface area contributed by atoms with Crippen molar-refractivity contribution in [1.29, 1.82) is 0 Å². The summed E-state index contributed by atoms with van der Waals surface area (Å²) in [5, 5.41) is 301. The minimum Gasteiger partial charge on any atom is -0.394 e. The van der Waals surface area contributed by atoms with E-state index in [1.807, 2.05) is 0 Å². The molecule has 45 atom stereocenters. The molecular formula is C58H98N2O46. The molecule has 106 heavy (non-hydrogen) atoms. The van der Waals surface area contributed by atoms with Crippen molar-refractivity contribution in [2.75, 3.05) is 59.5 Å². The number of amides is 2. The molecule has 0 aliphatic carbocycles. The van der Waals surface area contributed by atoms with Gasteiger partial charge in [-0.15, -0.1) is 0 Å². The number of carbonyl (C=O) groups is 2. The van der Waals surface area contributed by atoms with Crippen LogP contribution in [0.3, 0.4) is 0 Å². The van der Waals surface area contributed by atoms with Crippen molar-refractivity contribution in [3.63, 3.8) is 0 Å². The van der Waals surface area contributed by atoms with E-state index in [-0.39, 0.29) is 0 Å². The number of rotatable bonds is 27. The number of aliphatic hydroxyl groups is 27. The fraction of sp³-hybridized carbons (Fsp3) is 0.966. The Hall–Kier alpha value is -2.82. The van der Waals surface area contributed by atoms with Crippen molar-refractivity contribution in [2.24, 2.45) is 0 Å². The highest BCUT2D eigenvalue weighted by molar-refractivity contribution is 5.73. The summed E-state index contributed by atoms with van der Waals surface area (Å²) in [7, 11) is 0. The van der Waals surface area contributed by atoms with E-state index in [1.54, 1.807) is 0 Å². The molecule has 48 nitrogen and oxygen atoms in total. The Bertz CT molecular complexity index is 2710. The third kappa shape index (κ3) is 18.7. The summed E-state index contributed by atoms with van der Waals surface area (Å²) < 4.78 is 98.8. The van der Waals surface area contributed by atoms with E-state index < -0.39 is 348 Å². The van der Waals surface area contributed by atoms with Crippen molar-refractivity contribution < 1.29 is 228 Å². The lowest BCUT2D eigenvalue weighted by atomic mass is 9.94. The molecule has 2 amide bonds. The number of nitrogens with one attached hydrogen (secondary N) is 2. The zero-order valence-electron chi connectivity index (χ0n) is 56.2. The third-order valence-electron chi connectivity index (χ3n) is 19.5. The number of hydrogen-bond donors (Lipinski definition) is 29. The Morgan fingerprint density at radius 1 is 0.245 bits per heavy atom. The van der Waals surface area contributed by atoms with Crippen LogP contribution < -0.4 is 10.6 Å². The van der Waals surface area contributed by atoms with Crippen molar-refractivity contribution in [2.45, 2.75) is 290 Å². The topological polar surface area (TPSA) is 761 Å². The lowest BCUT2D eigenvalue weighted by Crippen LogP contribution is -2.70. The van der Waals surface area contributed by atoms with Gasteiger partial charge < -0.3 is 229 Å². The fourth-order valence-corrected chi connectivity index (χ4v) is 13.5. The van der Waals surface area contributed by atoms with E-state index in [1.165, 1.54) is 0 Å². The Labute approximate surface area is 598 Å². The molecule has 616 valence electrons. The first-order valence-corrected chi connectivity index (χ1v) is 33.7. The highest BCUT2D eigenvalue weighted by Gasteiger charge is 2.60. The molecule has 0 spiro atoms. The first-order valence-electron chi connectivity index (χ1n) is 33.7. The van der Waals surface area contributed by atoms with Gasteiger partial charge in [-0.05, 0) is 0 Å². The molecule has 0 radical (unpaired) electrons. The van der Waals surface area contributed by atoms with Crippen LogP contribution in [-0.2, 0) is 90.1 Å². The Balaban J connectivity index is 1.05. The molecule has 29 N–H and O–H groups in total. The van der Waals surface area contributed by atoms with Crippen LogP contribution in [0.15, 0.2) is 0 Å². The van der Waals surface area contributed by atoms with E-state index in [4.69, 9.17) is 80.5 Å². The van der Waals surface area contributed by atoms with Gasteiger partial charge in [-0.3, -0.25) is 9.59 Å². The second kappa shape index (κ2) is 37.9. The lowest BCUT2D eigenvalue weighted by molar-refractivity contribution is -0.399. The van der Waals surface area contributed by atoms with Gasteiger partial charge in [0.1, 0.15) is 220 Å². The van der Waals surface area contributed by atoms with Crippen LogP contribution in [0.25, 0.3) is 0 Å². The molecule has 0 saturated carbocycles. The quantitative estimate of drug-likeness (QED) is 0.0363. The standard InChI is InChI=1S/C58H98N2O46/c1-12(68)59-23-32(77)44(19(8-66)92-50(23)89)101-51-24(60-13(2)69)33(78)45(20(9-67)98-51)102-56-43(88)47(104-58-49(38(83)29(74)18(7-65)97-58)106-55-41(86)36(81)27(72)16(5-63)95-55)31(76)22(100-56)10-90-52-42(87)46(103-53-39(84)34(79)25(70)14(3-61)93-53)30(75)21(99-52)11-91-57-48(37(82)28(73)17(6-64)96-57)105-54-40(85)35(80)26(71)15(4-62)94-54/h14-58,61-67,70-89H,3-11H2,1-2H3,(H,59,68)(H,60,69)/t14-,15-,16-,17-,18-,19-,20-,21-,22-,23-,24-,25-,26-,27-,28-,29-,30-,31-,32-,33-,34+,35+,36+,37+,38+,39+,40+,41+,42+,43+,44-,45-,46+,47+,48+,49+,50+,51+,52+,53-,54-,55-,56+,57+,58-/m1/s1. The van der Waals surface area contributed by atoms with Crippen molar-refractivity contribution >= 4 is 11.8 Å². The van der Waals surface area contributed by atoms with E-state index in [0.29, 0.717) is 0 Å². The first kappa shape index (κ1) is 87.2. The summed E-state index contributed by atoms with van der Waals surface area (Å²) >= 11 is 0. The van der Waals surface area contributed by atoms with Gasteiger partial charge in [0.25, 0.3) is 0 Å². The summed E-state index contributed by atoms with van der Waals surface area (Å²) in [4.78, 5) is 25.0. The highest BCUT2D eigenvalue weighted by atomic mass is 16.8. The van der Waals surface area contributed by atoms with E-state index in [9.17, 15) is 147 Å². The van der Waals surface area contributed by atoms with Crippen LogP contribution in [0.4, 0.5) is 0 Å². The molecule has 9 saturated heterocycles. The number of ether oxygens (including phenoxy) is 17. The maximum Gasteiger partial charge on any atom is 0.217 e. The van der Waals surface area contributed by atoms with Gasteiger partial charge in [-0.25, -0.2) is 0 Å². The predicted octanol–water partition coefficient (Wildman–Crippen LogP) is -20.3. The second-order valence-corrected chi connectivity index (χ2v) is 26.7. The monoisotopic (exact) mass is 1560 g/mol. The van der Waals surface area contributed by atoms with Gasteiger partial charge in [-0.2, -0.15) is 0 Å². The Morgan fingerprint density at radius 3 is 0.934 bits per heavy atom. The summed E-state index contributed by atoms with van der Waals surface area (Å²) in [6, 6.07) is -3.55. The molecule has 9 heterocycles. The van der Waals surface area contributed by atoms with Gasteiger partial charge in [0, 0.05) is 13.8 Å². The van der Waals surface area contributed by atoms with Gasteiger partial charge >= 0.3 is 0 Å². The molecule has 9 fully saturated rings. The average molecular weight is 1560 g/mol. The predicted molar refractivity (Wildman–Crippen MR) is 320 cm³/mol. The van der Waals surface area contributed by atoms with E-state index in [2.05, 4.69) is 10.6 Å². The largest absolute Gasteiger partial charge is 0.394 e. The molecule has 0 aromatic carbocycles. The first-order chi connectivity index (χ1) is 50.2. The van der Waals surface area contributed by atoms with E-state index in [0.717, 1.165) is 13.8 Å². The van der Waals surface area contributed by atoms with Gasteiger partial charge in [-0.1, -0.05) is 0 Å². The van der Waals surface area contributed by atoms with Crippen molar-refractivity contribution in [1.82, 2.24) is 10.6 Å². The number of carbonyl (C=O) groups excluding carboxylic acids is 2. The summed E-state index contributed by atoms with van der Waals surface area (Å²) in [6.07, 6.45) is -90.3. The average Bonchev–Trinajstić information content (AvgIpc) is 0.774. The van der Waals surface area contributed by atoms with Crippen LogP contribution >= 0.6 is 0 Å². The van der Waals surface area contributed by atoms with Gasteiger partial charge in [0.15, 0.2) is 56.6 Å². The lowest BCUT2D eigenvalue weighted by Gasteiger charge is -2.50. The minimum absolute atomic E-state index is 0.783. The molecule has 0 aromatic rings. The molecule has 0 bridgehead atoms. The molecule has 0 unspecified atom stereocenters. The van der Waals surface area contributed by atoms with Crippen molar-refractivity contribution in [3.05, 3.63) is 0 Å². The maximum atomic E-state index is 12.9. The highest BCUT2D eigenvalue weighted by Crippen LogP contribution is 2.39. The van der Waals surface area contributed by atoms with Gasteiger partial charge in [0.2, 0.25) is 11.8 Å². The van der Waals surface area contributed by atoms with Crippen LogP contribution in [0.2, 0.25) is 0 Å². The normalized spacial score (nSPS) is 51.2. The maximum absolute atomic E-state index is 12.9. The summed E-state index contributed by atoms with van der Waals surface area (Å²) in [6.45, 7) is -7.76. The van der Waals surface area contributed by atoms with Crippen LogP contribution in [0, 0.1) is 0 Å². The molecule has 9 aliphatic rings. The van der Waals surface area contributed by atoms with Crippen LogP contribution in [0.1, 0.15) is 13.8 Å². The second-order valence-electron chi connectivity index (χ2n) is 26.7. The van der Waals surface area contributed by atoms with Crippen molar-refractivity contribution in [3.8, 4) is 0 Å². The van der Waals surface area contributed by atoms with Crippen LogP contribution in [0.5, 0.6) is 0 Å². The third-order valence-corrected chi connectivity index (χ3v) is 19.5. The zero-order valence-corrected chi connectivity index (χ0v) is 56.2. The zero-order chi connectivity index (χ0) is 77.9. The van der Waals surface area contributed by atoms with E-state index >= 15 is 0 Å². The summed E-state index contributed by atoms with van der Waals surface area (Å²) in [5.41, 5.74) is 0. The Kier molecular flexibility index (Phi) is 31.1. The SMILES string of the molecule is CC(=O)N[C@@H]1[C@@H](O)[C@H](O[C@@H]2O[C@H](CO)[C@@H](O[C@@H]3O[C@H](CO[C@H]4O[C@H](CO[C@H]5O[C@H](CO)[C@@H](O)[C@H](O)[C@@H]5O[C@H]5O[C@H](CO)[C@@H](O)[C@H](O)[C@@H]5O)[C@@H](O)[C@H](O[C@H]5O[C@H](CO)[C@@H](O)[C@H](O)[C@@H]5O)[C@@H]4O)[C@@H](O)[C@H](O[C@H]4O[C@H](CO)[C@@H](O)[C@H](O)[C@@H]4O[C@H]4O[C@H](CO)[C@@H](O)[C@H](O)[C@@H]4O)[C@@H]3O)[C@H](O)[C@H]2NC(C)=O)[C@@H](CO)O[C@@H]1O. The number of hydrogen-bond acceptors (Lipinski definition) is 46.